The summed E-state index contributed by atoms with van der Waals surface area (Å²) in [5.74, 6) is -0.346. The van der Waals surface area contributed by atoms with Crippen LogP contribution in [0.4, 0.5) is 0 Å². The standard InChI is InChI=1S/C9H10N2O2S/c12-8-6-7(9(13)11-8)14(6)5-3-1-2-4-10-5/h10H,1-4H2,(H,11,12,13). The molecule has 0 radical (unpaired) electrons. The first-order valence-corrected chi connectivity index (χ1v) is 5.95. The van der Waals surface area contributed by atoms with Crippen LogP contribution in [0.1, 0.15) is 19.3 Å². The van der Waals surface area contributed by atoms with Gasteiger partial charge in [-0.05, 0) is 19.3 Å². The van der Waals surface area contributed by atoms with Crippen molar-refractivity contribution in [3.05, 3.63) is 9.81 Å². The fourth-order valence-electron chi connectivity index (χ4n) is 1.90. The zero-order valence-electron chi connectivity index (χ0n) is 7.55. The van der Waals surface area contributed by atoms with E-state index in [9.17, 15) is 9.59 Å². The summed E-state index contributed by atoms with van der Waals surface area (Å²) in [6, 6.07) is 0. The fraction of sp³-hybridized carbons (Fsp3) is 0.444. The molecule has 0 atom stereocenters. The molecule has 0 unspecified atom stereocenters. The normalized spacial score (nSPS) is 26.7. The predicted molar refractivity (Wildman–Crippen MR) is 54.6 cm³/mol. The zero-order valence-corrected chi connectivity index (χ0v) is 8.37. The van der Waals surface area contributed by atoms with Crippen LogP contribution in [-0.4, -0.2) is 23.3 Å². The molecule has 0 saturated carbocycles. The van der Waals surface area contributed by atoms with Crippen LogP contribution < -0.4 is 10.6 Å². The van der Waals surface area contributed by atoms with Crippen molar-refractivity contribution in [3.63, 3.8) is 0 Å². The molecule has 74 valence electrons. The average Bonchev–Trinajstić information content (AvgIpc) is 2.87. The van der Waals surface area contributed by atoms with Crippen molar-refractivity contribution in [1.82, 2.24) is 10.6 Å². The number of carbonyl (C=O) groups excluding carboxylic acids is 2. The third-order valence-corrected chi connectivity index (χ3v) is 4.84. The third-order valence-electron chi connectivity index (χ3n) is 2.61. The van der Waals surface area contributed by atoms with Crippen LogP contribution in [0.2, 0.25) is 0 Å². The second-order valence-corrected chi connectivity index (χ2v) is 5.48. The molecule has 4 nitrogen and oxygen atoms in total. The van der Waals surface area contributed by atoms with E-state index in [0.29, 0.717) is 0 Å². The van der Waals surface area contributed by atoms with E-state index >= 15 is 0 Å². The summed E-state index contributed by atoms with van der Waals surface area (Å²) in [6.07, 6.45) is 3.37. The summed E-state index contributed by atoms with van der Waals surface area (Å²) < 4.78 is 0. The van der Waals surface area contributed by atoms with E-state index in [2.05, 4.69) is 10.6 Å². The van der Waals surface area contributed by atoms with E-state index in [4.69, 9.17) is 0 Å². The molecule has 5 heteroatoms. The Bertz CT molecular complexity index is 389. The number of amides is 2. The molecule has 2 amide bonds. The summed E-state index contributed by atoms with van der Waals surface area (Å²) in [6.45, 7) is 0.981. The number of hydrogen-bond acceptors (Lipinski definition) is 2. The summed E-state index contributed by atoms with van der Waals surface area (Å²) in [4.78, 5) is 25.2. The van der Waals surface area contributed by atoms with Crippen LogP contribution in [0.3, 0.4) is 0 Å². The maximum Gasteiger partial charge on any atom is 0.265 e. The van der Waals surface area contributed by atoms with E-state index < -0.39 is 0 Å². The fourth-order valence-corrected chi connectivity index (χ4v) is 4.07. The molecule has 0 aromatic rings. The molecule has 3 aliphatic rings. The Balaban J connectivity index is 1.92. The van der Waals surface area contributed by atoms with E-state index in [1.807, 2.05) is 0 Å². The molecule has 3 heterocycles. The molecule has 0 bridgehead atoms. The highest BCUT2D eigenvalue weighted by Crippen LogP contribution is 2.57. The van der Waals surface area contributed by atoms with Crippen LogP contribution in [0.5, 0.6) is 0 Å². The second-order valence-electron chi connectivity index (χ2n) is 3.55. The Kier molecular flexibility index (Phi) is 1.66. The van der Waals surface area contributed by atoms with Crippen molar-refractivity contribution < 1.29 is 9.59 Å². The molecule has 14 heavy (non-hydrogen) atoms. The van der Waals surface area contributed by atoms with Crippen molar-refractivity contribution in [3.8, 4) is 0 Å². The highest BCUT2D eigenvalue weighted by Gasteiger charge is 2.48. The van der Waals surface area contributed by atoms with Gasteiger partial charge in [0.05, 0.1) is 9.81 Å². The van der Waals surface area contributed by atoms with Crippen molar-refractivity contribution in [2.24, 2.45) is 0 Å². The van der Waals surface area contributed by atoms with Gasteiger partial charge in [-0.2, -0.15) is 0 Å². The second kappa shape index (κ2) is 2.77. The van der Waals surface area contributed by atoms with Gasteiger partial charge in [0, 0.05) is 11.5 Å². The Hall–Kier alpha value is -0.940. The first-order chi connectivity index (χ1) is 6.79. The molecular formula is C9H10N2O2S. The molecule has 0 aromatic heterocycles. The van der Waals surface area contributed by atoms with Crippen LogP contribution in [0, 0.1) is 0 Å². The van der Waals surface area contributed by atoms with E-state index in [-0.39, 0.29) is 22.3 Å². The van der Waals surface area contributed by atoms with Gasteiger partial charge in [0.25, 0.3) is 11.8 Å². The van der Waals surface area contributed by atoms with Gasteiger partial charge >= 0.3 is 0 Å². The molecular weight excluding hydrogens is 200 g/mol. The molecule has 3 rings (SSSR count). The lowest BCUT2D eigenvalue weighted by atomic mass is 10.2. The van der Waals surface area contributed by atoms with Crippen LogP contribution >= 0.6 is 10.5 Å². The van der Waals surface area contributed by atoms with E-state index in [0.717, 1.165) is 22.8 Å². The maximum absolute atomic E-state index is 11.3. The number of hydrogen-bond donors (Lipinski definition) is 2. The SMILES string of the molecule is O=C1NC(=O)C2=C1S2=C1CCCCN1. The number of nitrogens with one attached hydrogen (secondary N) is 2. The molecule has 1 fully saturated rings. The van der Waals surface area contributed by atoms with Crippen LogP contribution in [-0.2, 0) is 9.59 Å². The topological polar surface area (TPSA) is 58.2 Å². The lowest BCUT2D eigenvalue weighted by molar-refractivity contribution is -0.123. The minimum atomic E-state index is -0.231. The van der Waals surface area contributed by atoms with Gasteiger partial charge in [0.15, 0.2) is 0 Å². The average molecular weight is 210 g/mol. The highest BCUT2D eigenvalue weighted by molar-refractivity contribution is 8.30. The molecule has 0 spiro atoms. The molecule has 0 aromatic carbocycles. The lowest BCUT2D eigenvalue weighted by Gasteiger charge is -2.16. The van der Waals surface area contributed by atoms with Gasteiger partial charge < -0.3 is 0 Å². The molecule has 0 aliphatic carbocycles. The molecule has 3 aliphatic heterocycles. The molecule has 2 N–H and O–H groups in total. The van der Waals surface area contributed by atoms with Gasteiger partial charge in [-0.25, -0.2) is 0 Å². The largest absolute Gasteiger partial charge is 0.287 e. The Morgan fingerprint density at radius 3 is 2.36 bits per heavy atom. The van der Waals surface area contributed by atoms with E-state index in [1.165, 1.54) is 17.8 Å². The maximum atomic E-state index is 11.3. The van der Waals surface area contributed by atoms with Gasteiger partial charge in [-0.1, -0.05) is 10.5 Å². The summed E-state index contributed by atoms with van der Waals surface area (Å²) in [5, 5.41) is 5.61. The first kappa shape index (κ1) is 8.38. The lowest BCUT2D eigenvalue weighted by Crippen LogP contribution is -2.31. The van der Waals surface area contributed by atoms with Gasteiger partial charge in [0.2, 0.25) is 0 Å². The number of imide groups is 1. The van der Waals surface area contributed by atoms with Crippen molar-refractivity contribution in [2.45, 2.75) is 19.3 Å². The monoisotopic (exact) mass is 210 g/mol. The van der Waals surface area contributed by atoms with Gasteiger partial charge in [0.1, 0.15) is 0 Å². The van der Waals surface area contributed by atoms with Crippen molar-refractivity contribution in [2.75, 3.05) is 6.54 Å². The summed E-state index contributed by atoms with van der Waals surface area (Å²) >= 11 is 0. The minimum Gasteiger partial charge on any atom is -0.287 e. The van der Waals surface area contributed by atoms with Crippen LogP contribution in [0.25, 0.3) is 0 Å². The van der Waals surface area contributed by atoms with Gasteiger partial charge in [-0.15, -0.1) is 0 Å². The zero-order chi connectivity index (χ0) is 9.71. The Morgan fingerprint density at radius 2 is 1.79 bits per heavy atom. The quantitative estimate of drug-likeness (QED) is 0.438. The smallest absolute Gasteiger partial charge is 0.265 e. The van der Waals surface area contributed by atoms with Gasteiger partial charge in [-0.3, -0.25) is 20.2 Å². The van der Waals surface area contributed by atoms with Crippen molar-refractivity contribution in [1.29, 1.82) is 0 Å². The predicted octanol–water partition coefficient (Wildman–Crippen LogP) is 0.0403. The number of rotatable bonds is 0. The Labute approximate surface area is 83.7 Å². The summed E-state index contributed by atoms with van der Waals surface area (Å²) in [5.41, 5.74) is 0. The van der Waals surface area contributed by atoms with Crippen molar-refractivity contribution >= 4 is 27.3 Å². The summed E-state index contributed by atoms with van der Waals surface area (Å²) in [7, 11) is -0.231. The number of carbonyl (C=O) groups is 2. The van der Waals surface area contributed by atoms with Crippen LogP contribution in [0.15, 0.2) is 9.81 Å². The Morgan fingerprint density at radius 1 is 1.07 bits per heavy atom. The first-order valence-electron chi connectivity index (χ1n) is 4.73. The highest BCUT2D eigenvalue weighted by atomic mass is 32.2. The molecule has 1 saturated heterocycles. The van der Waals surface area contributed by atoms with E-state index in [1.54, 1.807) is 0 Å². The minimum absolute atomic E-state index is 0.173. The number of piperidine rings is 1. The third kappa shape index (κ3) is 1.02.